The number of primary amides is 1. The molecule has 1 aliphatic heterocycles. The van der Waals surface area contributed by atoms with Gasteiger partial charge in [-0.25, -0.2) is 19.7 Å². The number of alkyl halides is 3. The number of amides is 2. The summed E-state index contributed by atoms with van der Waals surface area (Å²) in [7, 11) is 0. The first-order chi connectivity index (χ1) is 14.6. The van der Waals surface area contributed by atoms with E-state index in [2.05, 4.69) is 20.3 Å². The molecule has 2 aromatic rings. The number of pyridine rings is 1. The molecule has 1 atom stereocenters. The van der Waals surface area contributed by atoms with E-state index in [9.17, 15) is 22.8 Å². The maximum atomic E-state index is 12.7. The van der Waals surface area contributed by atoms with E-state index in [0.717, 1.165) is 0 Å². The second-order valence-corrected chi connectivity index (χ2v) is 6.77. The zero-order valence-corrected chi connectivity index (χ0v) is 16.5. The van der Waals surface area contributed by atoms with Gasteiger partial charge in [0.2, 0.25) is 11.9 Å². The lowest BCUT2D eigenvalue weighted by Crippen LogP contribution is -2.51. The van der Waals surface area contributed by atoms with Crippen LogP contribution in [0.2, 0.25) is 0 Å². The Kier molecular flexibility index (Phi) is 6.42. The van der Waals surface area contributed by atoms with E-state index < -0.39 is 23.9 Å². The summed E-state index contributed by atoms with van der Waals surface area (Å²) in [4.78, 5) is 38.0. The third kappa shape index (κ3) is 5.71. The fourth-order valence-electron chi connectivity index (χ4n) is 2.89. The van der Waals surface area contributed by atoms with E-state index in [0.29, 0.717) is 37.0 Å². The third-order valence-electron chi connectivity index (χ3n) is 4.40. The summed E-state index contributed by atoms with van der Waals surface area (Å²) in [6.45, 7) is 2.44. The van der Waals surface area contributed by atoms with Gasteiger partial charge >= 0.3 is 12.3 Å². The number of rotatable bonds is 6. The second-order valence-electron chi connectivity index (χ2n) is 6.77. The number of anilines is 3. The predicted molar refractivity (Wildman–Crippen MR) is 104 cm³/mol. The van der Waals surface area contributed by atoms with Crippen LogP contribution in [0.15, 0.2) is 30.7 Å². The number of nitrogens with zero attached hydrogens (tertiary/aromatic N) is 5. The standard InChI is InChI=1S/C18H20F3N7O3/c1-11(31-16(22)30)7-24-13-2-3-23-14(6-13)28-5-4-27(10-15(28)29)17-25-8-12(9-26-17)18(19,20)21/h2-3,6,8-9,11H,4-5,7,10H2,1H3,(H2,22,30)(H,23,24)/t11-/m0/s1. The molecule has 3 N–H and O–H groups in total. The number of nitrogens with two attached hydrogens (primary N) is 1. The molecule has 3 heterocycles. The lowest BCUT2D eigenvalue weighted by Gasteiger charge is -2.33. The first-order valence-corrected chi connectivity index (χ1v) is 9.24. The number of halogens is 3. The molecule has 0 saturated carbocycles. The average molecular weight is 439 g/mol. The molecular weight excluding hydrogens is 419 g/mol. The van der Waals surface area contributed by atoms with Crippen molar-refractivity contribution in [2.45, 2.75) is 19.2 Å². The van der Waals surface area contributed by atoms with Crippen molar-refractivity contribution in [3.63, 3.8) is 0 Å². The van der Waals surface area contributed by atoms with Crippen molar-refractivity contribution >= 4 is 29.5 Å². The molecule has 0 unspecified atom stereocenters. The van der Waals surface area contributed by atoms with Crippen molar-refractivity contribution in [1.29, 1.82) is 0 Å². The van der Waals surface area contributed by atoms with Crippen molar-refractivity contribution in [2.75, 3.05) is 41.3 Å². The van der Waals surface area contributed by atoms with E-state index in [4.69, 9.17) is 10.5 Å². The fourth-order valence-corrected chi connectivity index (χ4v) is 2.89. The average Bonchev–Trinajstić information content (AvgIpc) is 2.71. The van der Waals surface area contributed by atoms with Crippen LogP contribution in [0.25, 0.3) is 0 Å². The van der Waals surface area contributed by atoms with Crippen LogP contribution in [-0.4, -0.2) is 59.2 Å². The zero-order valence-electron chi connectivity index (χ0n) is 16.5. The lowest BCUT2D eigenvalue weighted by atomic mass is 10.2. The molecule has 0 bridgehead atoms. The van der Waals surface area contributed by atoms with Crippen molar-refractivity contribution in [2.24, 2.45) is 5.73 Å². The monoisotopic (exact) mass is 439 g/mol. The third-order valence-corrected chi connectivity index (χ3v) is 4.40. The van der Waals surface area contributed by atoms with Crippen LogP contribution in [0.4, 0.5) is 35.4 Å². The summed E-state index contributed by atoms with van der Waals surface area (Å²) in [5, 5.41) is 3.06. The minimum atomic E-state index is -4.53. The van der Waals surface area contributed by atoms with Crippen LogP contribution < -0.4 is 20.9 Å². The van der Waals surface area contributed by atoms with Gasteiger partial charge in [-0.2, -0.15) is 13.2 Å². The minimum absolute atomic E-state index is 0.0489. The smallest absolute Gasteiger partial charge is 0.419 e. The number of hydrogen-bond acceptors (Lipinski definition) is 8. The molecule has 166 valence electrons. The number of nitrogens with one attached hydrogen (secondary N) is 1. The SMILES string of the molecule is C[C@@H](CNc1ccnc(N2CCN(c3ncc(C(F)(F)F)cn3)CC2=O)c1)OC(N)=O. The first kappa shape index (κ1) is 22.1. The maximum absolute atomic E-state index is 12.7. The van der Waals surface area contributed by atoms with Crippen LogP contribution in [0.3, 0.4) is 0 Å². The number of carbonyl (C=O) groups excluding carboxylic acids is 2. The van der Waals surface area contributed by atoms with Gasteiger partial charge in [0.25, 0.3) is 0 Å². The van der Waals surface area contributed by atoms with Crippen LogP contribution >= 0.6 is 0 Å². The van der Waals surface area contributed by atoms with Crippen molar-refractivity contribution in [3.8, 4) is 0 Å². The predicted octanol–water partition coefficient (Wildman–Crippen LogP) is 1.64. The maximum Gasteiger partial charge on any atom is 0.419 e. The van der Waals surface area contributed by atoms with Gasteiger partial charge in [-0.05, 0) is 13.0 Å². The Labute approximate surface area is 175 Å². The summed E-state index contributed by atoms with van der Waals surface area (Å²) in [6.07, 6.45) is -2.94. The summed E-state index contributed by atoms with van der Waals surface area (Å²) in [5.41, 5.74) is 4.68. The summed E-state index contributed by atoms with van der Waals surface area (Å²) < 4.78 is 42.8. The Morgan fingerprint density at radius 2 is 2.00 bits per heavy atom. The summed E-state index contributed by atoms with van der Waals surface area (Å²) >= 11 is 0. The van der Waals surface area contributed by atoms with Crippen molar-refractivity contribution in [3.05, 3.63) is 36.3 Å². The van der Waals surface area contributed by atoms with Gasteiger partial charge < -0.3 is 20.7 Å². The van der Waals surface area contributed by atoms with Crippen LogP contribution in [0.5, 0.6) is 0 Å². The van der Waals surface area contributed by atoms with Crippen LogP contribution in [0, 0.1) is 0 Å². The van der Waals surface area contributed by atoms with Gasteiger partial charge in [-0.15, -0.1) is 0 Å². The molecule has 13 heteroatoms. The van der Waals surface area contributed by atoms with Crippen LogP contribution in [0.1, 0.15) is 12.5 Å². The summed E-state index contributed by atoms with van der Waals surface area (Å²) in [5.74, 6) is 0.157. The van der Waals surface area contributed by atoms with Gasteiger partial charge in [0, 0.05) is 43.4 Å². The van der Waals surface area contributed by atoms with Crippen molar-refractivity contribution < 1.29 is 27.5 Å². The molecule has 0 radical (unpaired) electrons. The quantitative estimate of drug-likeness (QED) is 0.696. The van der Waals surface area contributed by atoms with Gasteiger partial charge in [0.05, 0.1) is 12.1 Å². The van der Waals surface area contributed by atoms with Gasteiger partial charge in [0.1, 0.15) is 18.5 Å². The lowest BCUT2D eigenvalue weighted by molar-refractivity contribution is -0.138. The van der Waals surface area contributed by atoms with Gasteiger partial charge in [0.15, 0.2) is 0 Å². The Balaban J connectivity index is 1.62. The van der Waals surface area contributed by atoms with E-state index in [1.807, 2.05) is 0 Å². The Hall–Kier alpha value is -3.64. The highest BCUT2D eigenvalue weighted by Gasteiger charge is 2.32. The number of carbonyl (C=O) groups is 2. The van der Waals surface area contributed by atoms with E-state index in [1.165, 1.54) is 16.0 Å². The van der Waals surface area contributed by atoms with E-state index >= 15 is 0 Å². The molecule has 0 aliphatic carbocycles. The fraction of sp³-hybridized carbons (Fsp3) is 0.389. The highest BCUT2D eigenvalue weighted by molar-refractivity contribution is 5.97. The number of piperazine rings is 1. The van der Waals surface area contributed by atoms with Crippen molar-refractivity contribution in [1.82, 2.24) is 15.0 Å². The molecule has 1 fully saturated rings. The molecule has 31 heavy (non-hydrogen) atoms. The second kappa shape index (κ2) is 9.02. The normalized spacial score (nSPS) is 15.5. The Bertz CT molecular complexity index is 940. The number of hydrogen-bond donors (Lipinski definition) is 2. The number of aromatic nitrogens is 3. The van der Waals surface area contributed by atoms with E-state index in [1.54, 1.807) is 19.1 Å². The summed E-state index contributed by atoms with van der Waals surface area (Å²) in [6, 6.07) is 3.36. The highest BCUT2D eigenvalue weighted by Crippen LogP contribution is 2.28. The van der Waals surface area contributed by atoms with Crippen LogP contribution in [-0.2, 0) is 15.7 Å². The van der Waals surface area contributed by atoms with Gasteiger partial charge in [-0.3, -0.25) is 9.69 Å². The zero-order chi connectivity index (χ0) is 22.6. The van der Waals surface area contributed by atoms with Gasteiger partial charge in [-0.1, -0.05) is 0 Å². The molecule has 1 saturated heterocycles. The first-order valence-electron chi connectivity index (χ1n) is 9.24. The molecule has 10 nitrogen and oxygen atoms in total. The molecule has 2 amide bonds. The topological polar surface area (TPSA) is 127 Å². The molecule has 0 spiro atoms. The molecule has 0 aromatic carbocycles. The Morgan fingerprint density at radius 3 is 2.61 bits per heavy atom. The minimum Gasteiger partial charge on any atom is -0.445 e. The molecule has 3 rings (SSSR count). The molecule has 1 aliphatic rings. The molecule has 2 aromatic heterocycles. The van der Waals surface area contributed by atoms with E-state index in [-0.39, 0.29) is 24.9 Å². The molecular formula is C18H20F3N7O3. The highest BCUT2D eigenvalue weighted by atomic mass is 19.4. The largest absolute Gasteiger partial charge is 0.445 e. The Morgan fingerprint density at radius 1 is 1.29 bits per heavy atom. The number of ether oxygens (including phenoxy) is 1.